The van der Waals surface area contributed by atoms with Gasteiger partial charge in [0.1, 0.15) is 5.66 Å². The number of aliphatic carboxylic acids is 2. The van der Waals surface area contributed by atoms with Crippen molar-refractivity contribution >= 4 is 17.8 Å². The molecule has 2 heterocycles. The fourth-order valence-electron chi connectivity index (χ4n) is 2.00. The van der Waals surface area contributed by atoms with Gasteiger partial charge in [-0.3, -0.25) is 15.1 Å². The first-order valence-corrected chi connectivity index (χ1v) is 7.36. The molecular weight excluding hydrogens is 394 g/mol. The Morgan fingerprint density at radius 3 is 1.96 bits per heavy atom. The zero-order valence-corrected chi connectivity index (χ0v) is 16.3. The average Bonchev–Trinajstić information content (AvgIpc) is 2.75. The zero-order chi connectivity index (χ0) is 18.9. The zero-order valence-electron chi connectivity index (χ0n) is 15.3. The van der Waals surface area contributed by atoms with Gasteiger partial charge in [0.05, 0.1) is 11.7 Å². The second-order valence-corrected chi connectivity index (χ2v) is 5.68. The summed E-state index contributed by atoms with van der Waals surface area (Å²) in [6.45, 7) is 7.94. The first-order valence-electron chi connectivity index (χ1n) is 7.36. The van der Waals surface area contributed by atoms with Crippen LogP contribution in [0.2, 0.25) is 0 Å². The molecule has 2 atom stereocenters. The van der Waals surface area contributed by atoms with Crippen molar-refractivity contribution in [2.45, 2.75) is 46.3 Å². The Morgan fingerprint density at radius 1 is 1.19 bits per heavy atom. The SMILES string of the molecule is CC(=O)[O-].CC(=O)[O-].CC(C)[C@@H]1N[C@@](C)(c2ccccn2)NC1=O.[Cu+2].[OH3+]. The van der Waals surface area contributed by atoms with Crippen LogP contribution in [0.25, 0.3) is 0 Å². The van der Waals surface area contributed by atoms with Crippen molar-refractivity contribution in [3.63, 3.8) is 0 Å². The van der Waals surface area contributed by atoms with Crippen LogP contribution in [0.1, 0.15) is 40.3 Å². The Labute approximate surface area is 163 Å². The minimum Gasteiger partial charge on any atom is -0.550 e. The first kappa shape index (κ1) is 28.8. The molecule has 1 saturated heterocycles. The normalized spacial score (nSPS) is 20.1. The number of carbonyl (C=O) groups excluding carboxylic acids is 3. The van der Waals surface area contributed by atoms with Gasteiger partial charge in [-0.05, 0) is 38.8 Å². The molecule has 0 aliphatic carbocycles. The van der Waals surface area contributed by atoms with E-state index >= 15 is 0 Å². The molecule has 5 N–H and O–H groups in total. The molecule has 9 nitrogen and oxygen atoms in total. The van der Waals surface area contributed by atoms with E-state index in [1.54, 1.807) is 6.20 Å². The van der Waals surface area contributed by atoms with E-state index in [0.29, 0.717) is 0 Å². The van der Waals surface area contributed by atoms with Crippen molar-refractivity contribution in [1.82, 2.24) is 15.6 Å². The summed E-state index contributed by atoms with van der Waals surface area (Å²) in [5.74, 6) is -1.85. The number of hydrogen-bond acceptors (Lipinski definition) is 7. The van der Waals surface area contributed by atoms with Gasteiger partial charge >= 0.3 is 17.1 Å². The Morgan fingerprint density at radius 2 is 1.65 bits per heavy atom. The molecule has 0 aromatic carbocycles. The van der Waals surface area contributed by atoms with E-state index in [1.165, 1.54) is 0 Å². The van der Waals surface area contributed by atoms with Crippen LogP contribution in [0.3, 0.4) is 0 Å². The van der Waals surface area contributed by atoms with E-state index in [-0.39, 0.29) is 40.4 Å². The second kappa shape index (κ2) is 13.2. The number of hydrogen-bond donors (Lipinski definition) is 2. The molecule has 1 aliphatic rings. The van der Waals surface area contributed by atoms with Crippen molar-refractivity contribution in [2.24, 2.45) is 5.92 Å². The number of aromatic nitrogens is 1. The molecule has 2 rings (SSSR count). The third kappa shape index (κ3) is 10.8. The average molecular weight is 420 g/mol. The van der Waals surface area contributed by atoms with E-state index in [9.17, 15) is 4.79 Å². The Balaban J connectivity index is -0.000000454. The number of carboxylic acids is 2. The molecule has 0 spiro atoms. The van der Waals surface area contributed by atoms with Crippen molar-refractivity contribution in [3.05, 3.63) is 30.1 Å². The molecule has 1 aromatic heterocycles. The maximum absolute atomic E-state index is 11.8. The van der Waals surface area contributed by atoms with Gasteiger partial charge in [-0.1, -0.05) is 19.9 Å². The summed E-state index contributed by atoms with van der Waals surface area (Å²) in [7, 11) is 0. The van der Waals surface area contributed by atoms with E-state index in [1.807, 2.05) is 39.0 Å². The molecule has 1 radical (unpaired) electrons. The third-order valence-electron chi connectivity index (χ3n) is 2.94. The van der Waals surface area contributed by atoms with Gasteiger partial charge in [0, 0.05) is 18.1 Å². The topological polar surface area (TPSA) is 167 Å². The summed E-state index contributed by atoms with van der Waals surface area (Å²) in [5.41, 5.74) is 0.291. The van der Waals surface area contributed by atoms with E-state index in [2.05, 4.69) is 15.6 Å². The molecule has 0 unspecified atom stereocenters. The molecular formula is C16H26CuN3O6+. The minimum atomic E-state index is -1.08. The standard InChI is InChI=1S/C12H17N3O.2C2H4O2.Cu.H2O/c1-8(2)10-11(16)15-12(3,14-10)9-6-4-5-7-13-9;2*1-2(3)4;;/h4-8,10,14H,1-3H3,(H,15,16);2*1H3,(H,3,4);;1H2/q;;;+2;/p-1/t10-,12+;;;;/m0..../s1. The van der Waals surface area contributed by atoms with Crippen LogP contribution in [-0.4, -0.2) is 28.9 Å². The summed E-state index contributed by atoms with van der Waals surface area (Å²) in [6, 6.07) is 5.55. The van der Waals surface area contributed by atoms with Gasteiger partial charge < -0.3 is 30.6 Å². The van der Waals surface area contributed by atoms with Gasteiger partial charge in [0.25, 0.3) is 0 Å². The number of carboxylic acid groups (broad SMARTS) is 2. The van der Waals surface area contributed by atoms with Crippen LogP contribution in [0.5, 0.6) is 0 Å². The van der Waals surface area contributed by atoms with Gasteiger partial charge in [-0.25, -0.2) is 0 Å². The largest absolute Gasteiger partial charge is 2.00 e. The summed E-state index contributed by atoms with van der Waals surface area (Å²) in [4.78, 5) is 33.9. The Hall–Kier alpha value is -2.00. The molecule has 0 bridgehead atoms. The fourth-order valence-corrected chi connectivity index (χ4v) is 2.00. The first-order chi connectivity index (χ1) is 11.0. The van der Waals surface area contributed by atoms with Crippen LogP contribution < -0.4 is 20.8 Å². The number of amides is 1. The molecule has 1 fully saturated rings. The monoisotopic (exact) mass is 419 g/mol. The van der Waals surface area contributed by atoms with Gasteiger partial charge in [0.15, 0.2) is 0 Å². The molecule has 0 saturated carbocycles. The smallest absolute Gasteiger partial charge is 0.550 e. The van der Waals surface area contributed by atoms with E-state index in [0.717, 1.165) is 19.5 Å². The molecule has 26 heavy (non-hydrogen) atoms. The van der Waals surface area contributed by atoms with Crippen molar-refractivity contribution < 1.29 is 47.1 Å². The Kier molecular flexibility index (Phi) is 14.7. The van der Waals surface area contributed by atoms with Gasteiger partial charge in [0.2, 0.25) is 5.91 Å². The summed E-state index contributed by atoms with van der Waals surface area (Å²) < 4.78 is 0. The Bertz CT molecular complexity index is 550. The predicted molar refractivity (Wildman–Crippen MR) is 87.7 cm³/mol. The van der Waals surface area contributed by atoms with E-state index in [4.69, 9.17) is 19.8 Å². The van der Waals surface area contributed by atoms with Crippen LogP contribution in [-0.2, 0) is 42.6 Å². The molecule has 1 aromatic rings. The van der Waals surface area contributed by atoms with Crippen molar-refractivity contribution in [3.8, 4) is 0 Å². The van der Waals surface area contributed by atoms with Crippen LogP contribution >= 0.6 is 0 Å². The molecule has 10 heteroatoms. The summed E-state index contributed by atoms with van der Waals surface area (Å²) in [6.07, 6.45) is 1.73. The van der Waals surface area contributed by atoms with Gasteiger partial charge in [-0.15, -0.1) is 0 Å². The second-order valence-electron chi connectivity index (χ2n) is 5.68. The molecule has 151 valence electrons. The maximum atomic E-state index is 11.8. The van der Waals surface area contributed by atoms with Crippen LogP contribution in [0.15, 0.2) is 24.4 Å². The number of pyridine rings is 1. The maximum Gasteiger partial charge on any atom is 2.00 e. The number of nitrogens with zero attached hydrogens (tertiary/aromatic N) is 1. The molecule has 1 aliphatic heterocycles. The quantitative estimate of drug-likeness (QED) is 0.397. The van der Waals surface area contributed by atoms with Crippen molar-refractivity contribution in [1.29, 1.82) is 0 Å². The number of rotatable bonds is 2. The minimum absolute atomic E-state index is 0. The number of nitrogens with one attached hydrogen (secondary N) is 2. The molecule has 1 amide bonds. The van der Waals surface area contributed by atoms with Crippen LogP contribution in [0, 0.1) is 5.92 Å². The summed E-state index contributed by atoms with van der Waals surface area (Å²) in [5, 5.41) is 24.1. The van der Waals surface area contributed by atoms with Crippen molar-refractivity contribution in [2.75, 3.05) is 0 Å². The summed E-state index contributed by atoms with van der Waals surface area (Å²) >= 11 is 0. The fraction of sp³-hybridized carbons (Fsp3) is 0.500. The number of carbonyl (C=O) groups is 3. The third-order valence-corrected chi connectivity index (χ3v) is 2.94. The van der Waals surface area contributed by atoms with Gasteiger partial charge in [-0.2, -0.15) is 0 Å². The van der Waals surface area contributed by atoms with E-state index < -0.39 is 17.6 Å². The van der Waals surface area contributed by atoms with Crippen LogP contribution in [0.4, 0.5) is 0 Å². The predicted octanol–water partition coefficient (Wildman–Crippen LogP) is -2.41.